The average Bonchev–Trinajstić information content (AvgIpc) is 3.40. The highest BCUT2D eigenvalue weighted by Gasteiger charge is 2.28. The van der Waals surface area contributed by atoms with Crippen LogP contribution in [0.4, 0.5) is 4.39 Å². The van der Waals surface area contributed by atoms with Crippen molar-refractivity contribution in [2.45, 2.75) is 32.0 Å². The number of aryl methyl sites for hydroxylation is 1. The number of amides is 1. The third-order valence-electron chi connectivity index (χ3n) is 5.20. The first-order valence-corrected chi connectivity index (χ1v) is 10.6. The predicted molar refractivity (Wildman–Crippen MR) is 114 cm³/mol. The van der Waals surface area contributed by atoms with Gasteiger partial charge in [0.15, 0.2) is 0 Å². The molecule has 5 nitrogen and oxygen atoms in total. The van der Waals surface area contributed by atoms with E-state index in [1.165, 1.54) is 34.6 Å². The maximum atomic E-state index is 13.0. The summed E-state index contributed by atoms with van der Waals surface area (Å²) in [6.07, 6.45) is 7.67. The lowest BCUT2D eigenvalue weighted by Gasteiger charge is -2.26. The molecule has 2 aromatic carbocycles. The number of benzene rings is 2. The van der Waals surface area contributed by atoms with Gasteiger partial charge in [-0.25, -0.2) is 4.39 Å². The topological polar surface area (TPSA) is 58.1 Å². The molecule has 1 amide bonds. The van der Waals surface area contributed by atoms with Crippen molar-refractivity contribution in [1.29, 1.82) is 0 Å². The number of rotatable bonds is 7. The van der Waals surface area contributed by atoms with Gasteiger partial charge in [0.25, 0.3) is 5.91 Å². The van der Waals surface area contributed by atoms with Crippen LogP contribution >= 0.6 is 11.3 Å². The maximum absolute atomic E-state index is 13.0. The normalized spacial score (nSPS) is 15.0. The van der Waals surface area contributed by atoms with Crippen molar-refractivity contribution >= 4 is 17.2 Å². The predicted octanol–water partition coefficient (Wildman–Crippen LogP) is 3.73. The zero-order valence-electron chi connectivity index (χ0n) is 16.3. The van der Waals surface area contributed by atoms with Crippen molar-refractivity contribution in [3.63, 3.8) is 0 Å². The summed E-state index contributed by atoms with van der Waals surface area (Å²) in [5.41, 5.74) is 3.49. The summed E-state index contributed by atoms with van der Waals surface area (Å²) in [6.45, 7) is 1.35. The molecule has 152 valence electrons. The van der Waals surface area contributed by atoms with Crippen molar-refractivity contribution < 1.29 is 9.18 Å². The first kappa shape index (κ1) is 20.2. The lowest BCUT2D eigenvalue weighted by Crippen LogP contribution is -2.27. The highest BCUT2D eigenvalue weighted by atomic mass is 32.1. The van der Waals surface area contributed by atoms with Crippen LogP contribution in [-0.4, -0.2) is 27.5 Å². The highest BCUT2D eigenvalue weighted by molar-refractivity contribution is 7.13. The highest BCUT2D eigenvalue weighted by Crippen LogP contribution is 2.36. The molecule has 3 aromatic rings. The first-order valence-electron chi connectivity index (χ1n) is 9.74. The molecule has 0 saturated carbocycles. The quantitative estimate of drug-likeness (QED) is 0.592. The fraction of sp³-hybridized carbons (Fsp3) is 0.261. The average molecular weight is 421 g/mol. The van der Waals surface area contributed by atoms with Gasteiger partial charge in [-0.15, -0.1) is 16.6 Å². The van der Waals surface area contributed by atoms with E-state index in [2.05, 4.69) is 50.6 Å². The van der Waals surface area contributed by atoms with Crippen LogP contribution in [0.5, 0.6) is 0 Å². The summed E-state index contributed by atoms with van der Waals surface area (Å²) >= 11 is 1.27. The zero-order chi connectivity index (χ0) is 20.9. The van der Waals surface area contributed by atoms with Crippen LogP contribution in [0.2, 0.25) is 0 Å². The first-order chi connectivity index (χ1) is 14.6. The van der Waals surface area contributed by atoms with E-state index in [-0.39, 0.29) is 17.8 Å². The SMILES string of the molecule is C#CCN(Cc1nnc(C(=O)NCc2ccc(F)cc2)s1)[C@H]1CCc2ccccc21. The Morgan fingerprint density at radius 1 is 1.23 bits per heavy atom. The Hall–Kier alpha value is -3.08. The van der Waals surface area contributed by atoms with Crippen LogP contribution in [0.25, 0.3) is 0 Å². The Labute approximate surface area is 179 Å². The summed E-state index contributed by atoms with van der Waals surface area (Å²) in [6, 6.07) is 14.7. The second kappa shape index (κ2) is 9.16. The summed E-state index contributed by atoms with van der Waals surface area (Å²) in [5, 5.41) is 12.1. The van der Waals surface area contributed by atoms with Crippen LogP contribution in [0.1, 0.15) is 44.0 Å². The third-order valence-corrected chi connectivity index (χ3v) is 6.11. The van der Waals surface area contributed by atoms with Gasteiger partial charge in [0.1, 0.15) is 10.8 Å². The molecule has 0 bridgehead atoms. The van der Waals surface area contributed by atoms with E-state index in [9.17, 15) is 9.18 Å². The number of carbonyl (C=O) groups excluding carboxylic acids is 1. The van der Waals surface area contributed by atoms with Crippen LogP contribution < -0.4 is 5.32 Å². The third kappa shape index (κ3) is 4.56. The molecule has 0 unspecified atom stereocenters. The van der Waals surface area contributed by atoms with E-state index in [4.69, 9.17) is 6.42 Å². The molecule has 0 spiro atoms. The van der Waals surface area contributed by atoms with Crippen LogP contribution in [0, 0.1) is 18.2 Å². The monoisotopic (exact) mass is 420 g/mol. The number of fused-ring (bicyclic) bond motifs is 1. The molecule has 4 rings (SSSR count). The van der Waals surface area contributed by atoms with Gasteiger partial charge in [-0.05, 0) is 41.7 Å². The molecule has 1 aliphatic carbocycles. The lowest BCUT2D eigenvalue weighted by atomic mass is 10.1. The number of nitrogens with zero attached hydrogens (tertiary/aromatic N) is 3. The number of nitrogens with one attached hydrogen (secondary N) is 1. The zero-order valence-corrected chi connectivity index (χ0v) is 17.2. The smallest absolute Gasteiger partial charge is 0.282 e. The molecular weight excluding hydrogens is 399 g/mol. The molecule has 1 aliphatic rings. The molecule has 7 heteroatoms. The van der Waals surface area contributed by atoms with Crippen LogP contribution in [-0.2, 0) is 19.5 Å². The molecule has 1 atom stereocenters. The molecule has 0 aliphatic heterocycles. The molecule has 0 saturated heterocycles. The molecule has 1 heterocycles. The Kier molecular flexibility index (Phi) is 6.17. The van der Waals surface area contributed by atoms with Gasteiger partial charge in [-0.3, -0.25) is 9.69 Å². The molecule has 30 heavy (non-hydrogen) atoms. The van der Waals surface area contributed by atoms with Crippen molar-refractivity contribution in [2.24, 2.45) is 0 Å². The lowest BCUT2D eigenvalue weighted by molar-refractivity contribution is 0.0950. The summed E-state index contributed by atoms with van der Waals surface area (Å²) < 4.78 is 13.0. The molecular formula is C23H21FN4OS. The van der Waals surface area contributed by atoms with E-state index >= 15 is 0 Å². The van der Waals surface area contributed by atoms with Gasteiger partial charge in [0.05, 0.1) is 13.1 Å². The number of carbonyl (C=O) groups is 1. The number of hydrogen-bond donors (Lipinski definition) is 1. The van der Waals surface area contributed by atoms with E-state index in [0.29, 0.717) is 24.6 Å². The Morgan fingerprint density at radius 2 is 2.03 bits per heavy atom. The maximum Gasteiger partial charge on any atom is 0.282 e. The number of terminal acetylenes is 1. The van der Waals surface area contributed by atoms with Gasteiger partial charge in [0, 0.05) is 12.6 Å². The fourth-order valence-corrected chi connectivity index (χ4v) is 4.53. The van der Waals surface area contributed by atoms with Gasteiger partial charge in [-0.1, -0.05) is 53.7 Å². The minimum Gasteiger partial charge on any atom is -0.346 e. The number of halogens is 1. The van der Waals surface area contributed by atoms with Crippen LogP contribution in [0.3, 0.4) is 0 Å². The Morgan fingerprint density at radius 3 is 2.83 bits per heavy atom. The number of aromatic nitrogens is 2. The van der Waals surface area contributed by atoms with Gasteiger partial charge >= 0.3 is 0 Å². The summed E-state index contributed by atoms with van der Waals surface area (Å²) in [4.78, 5) is 14.6. The minimum atomic E-state index is -0.305. The second-order valence-corrected chi connectivity index (χ2v) is 8.23. The van der Waals surface area contributed by atoms with Crippen molar-refractivity contribution in [3.8, 4) is 12.3 Å². The van der Waals surface area contributed by atoms with Crippen molar-refractivity contribution in [1.82, 2.24) is 20.4 Å². The summed E-state index contributed by atoms with van der Waals surface area (Å²) in [7, 11) is 0. The van der Waals surface area contributed by atoms with Gasteiger partial charge < -0.3 is 5.32 Å². The largest absolute Gasteiger partial charge is 0.346 e. The number of hydrogen-bond acceptors (Lipinski definition) is 5. The van der Waals surface area contributed by atoms with E-state index < -0.39 is 0 Å². The van der Waals surface area contributed by atoms with Gasteiger partial charge in [0.2, 0.25) is 5.01 Å². The molecule has 1 N–H and O–H groups in total. The standard InChI is InChI=1S/C23H21FN4OS/c1-2-13-28(20-12-9-17-5-3-4-6-19(17)20)15-21-26-27-23(30-21)22(29)25-14-16-7-10-18(24)11-8-16/h1,3-8,10-11,20H,9,12-15H2,(H,25,29)/t20-/m0/s1. The molecule has 1 aromatic heterocycles. The van der Waals surface area contributed by atoms with E-state index in [1.54, 1.807) is 12.1 Å². The Bertz CT molecular complexity index is 1070. The Balaban J connectivity index is 1.40. The summed E-state index contributed by atoms with van der Waals surface area (Å²) in [5.74, 6) is 2.15. The van der Waals surface area contributed by atoms with Crippen LogP contribution in [0.15, 0.2) is 48.5 Å². The van der Waals surface area contributed by atoms with Crippen molar-refractivity contribution in [3.05, 3.63) is 81.1 Å². The van der Waals surface area contributed by atoms with Crippen molar-refractivity contribution in [2.75, 3.05) is 6.54 Å². The molecule has 0 fully saturated rings. The van der Waals surface area contributed by atoms with E-state index in [0.717, 1.165) is 23.4 Å². The second-order valence-electron chi connectivity index (χ2n) is 7.17. The minimum absolute atomic E-state index is 0.247. The fourth-order valence-electron chi connectivity index (χ4n) is 3.75. The van der Waals surface area contributed by atoms with Gasteiger partial charge in [-0.2, -0.15) is 0 Å². The van der Waals surface area contributed by atoms with E-state index in [1.807, 2.05) is 0 Å². The molecule has 0 radical (unpaired) electrons.